The molecule has 0 saturated heterocycles. The summed E-state index contributed by atoms with van der Waals surface area (Å²) in [5.41, 5.74) is 2.26. The van der Waals surface area contributed by atoms with Gasteiger partial charge in [-0.3, -0.25) is 4.79 Å². The van der Waals surface area contributed by atoms with E-state index < -0.39 is 25.1 Å². The Morgan fingerprint density at radius 2 is 2.17 bits per heavy atom. The number of anilines is 1. The molecule has 24 heavy (non-hydrogen) atoms. The lowest BCUT2D eigenvalue weighted by Crippen LogP contribution is -2.20. The third-order valence-corrected chi connectivity index (χ3v) is 3.90. The van der Waals surface area contributed by atoms with Gasteiger partial charge in [0.2, 0.25) is 0 Å². The lowest BCUT2D eigenvalue weighted by Gasteiger charge is -2.09. The van der Waals surface area contributed by atoms with Crippen LogP contribution in [-0.4, -0.2) is 30.1 Å². The van der Waals surface area contributed by atoms with Crippen molar-refractivity contribution in [2.45, 2.75) is 13.5 Å². The standard InChI is InChI=1S/C14H11ClF2N2O4S/c1-7-12(24-6-18-7)13(21)22-5-11(20)19-8-2-3-10(9(15)4-8)23-14(16)17/h2-4,6,14H,5H2,1H3,(H,19,20). The number of esters is 1. The number of thiazole rings is 1. The van der Waals surface area contributed by atoms with Crippen molar-refractivity contribution in [2.75, 3.05) is 11.9 Å². The second-order valence-electron chi connectivity index (χ2n) is 4.41. The van der Waals surface area contributed by atoms with E-state index in [1.54, 1.807) is 6.92 Å². The number of aryl methyl sites for hydroxylation is 1. The van der Waals surface area contributed by atoms with Gasteiger partial charge in [-0.2, -0.15) is 8.78 Å². The number of carbonyl (C=O) groups is 2. The largest absolute Gasteiger partial charge is 0.451 e. The van der Waals surface area contributed by atoms with Crippen molar-refractivity contribution >= 4 is 40.5 Å². The minimum absolute atomic E-state index is 0.0922. The van der Waals surface area contributed by atoms with Crippen molar-refractivity contribution in [1.29, 1.82) is 0 Å². The van der Waals surface area contributed by atoms with Gasteiger partial charge < -0.3 is 14.8 Å². The summed E-state index contributed by atoms with van der Waals surface area (Å²) in [5.74, 6) is -1.47. The number of alkyl halides is 2. The van der Waals surface area contributed by atoms with Gasteiger partial charge in [0.15, 0.2) is 6.61 Å². The number of carbonyl (C=O) groups excluding carboxylic acids is 2. The van der Waals surface area contributed by atoms with E-state index in [0.717, 1.165) is 11.3 Å². The van der Waals surface area contributed by atoms with Crippen molar-refractivity contribution < 1.29 is 27.8 Å². The molecule has 0 saturated carbocycles. The molecular formula is C14H11ClF2N2O4S. The minimum Gasteiger partial charge on any atom is -0.451 e. The maximum atomic E-state index is 12.1. The number of aromatic nitrogens is 1. The third-order valence-electron chi connectivity index (χ3n) is 2.70. The smallest absolute Gasteiger partial charge is 0.387 e. The zero-order chi connectivity index (χ0) is 17.7. The quantitative estimate of drug-likeness (QED) is 0.781. The predicted molar refractivity (Wildman–Crippen MR) is 83.8 cm³/mol. The van der Waals surface area contributed by atoms with E-state index in [-0.39, 0.29) is 16.5 Å². The van der Waals surface area contributed by atoms with Gasteiger partial charge in [-0.25, -0.2) is 9.78 Å². The normalized spacial score (nSPS) is 10.5. The highest BCUT2D eigenvalue weighted by atomic mass is 35.5. The number of rotatable bonds is 6. The molecule has 0 aliphatic carbocycles. The van der Waals surface area contributed by atoms with E-state index in [0.29, 0.717) is 10.6 Å². The lowest BCUT2D eigenvalue weighted by atomic mass is 10.3. The second-order valence-corrected chi connectivity index (χ2v) is 5.68. The van der Waals surface area contributed by atoms with Crippen LogP contribution in [0.1, 0.15) is 15.4 Å². The highest BCUT2D eigenvalue weighted by Crippen LogP contribution is 2.28. The van der Waals surface area contributed by atoms with Crippen molar-refractivity contribution in [3.8, 4) is 5.75 Å². The molecule has 1 aromatic heterocycles. The fourth-order valence-electron chi connectivity index (χ4n) is 1.66. The first kappa shape index (κ1) is 18.1. The van der Waals surface area contributed by atoms with Gasteiger partial charge in [0.05, 0.1) is 16.2 Å². The third kappa shape index (κ3) is 4.87. The van der Waals surface area contributed by atoms with E-state index in [2.05, 4.69) is 15.0 Å². The summed E-state index contributed by atoms with van der Waals surface area (Å²) >= 11 is 6.88. The fourth-order valence-corrected chi connectivity index (χ4v) is 2.58. The number of ether oxygens (including phenoxy) is 2. The fraction of sp³-hybridized carbons (Fsp3) is 0.214. The van der Waals surface area contributed by atoms with Gasteiger partial charge in [-0.1, -0.05) is 11.6 Å². The van der Waals surface area contributed by atoms with Crippen molar-refractivity contribution in [1.82, 2.24) is 4.98 Å². The molecule has 0 fully saturated rings. The zero-order valence-electron chi connectivity index (χ0n) is 12.2. The first-order valence-electron chi connectivity index (χ1n) is 6.48. The monoisotopic (exact) mass is 376 g/mol. The Labute approximate surface area is 144 Å². The Morgan fingerprint density at radius 1 is 1.42 bits per heavy atom. The maximum absolute atomic E-state index is 12.1. The SMILES string of the molecule is Cc1ncsc1C(=O)OCC(=O)Nc1ccc(OC(F)F)c(Cl)c1. The van der Waals surface area contributed by atoms with E-state index >= 15 is 0 Å². The van der Waals surface area contributed by atoms with Crippen LogP contribution in [0.25, 0.3) is 0 Å². The van der Waals surface area contributed by atoms with Crippen LogP contribution in [0.5, 0.6) is 5.75 Å². The van der Waals surface area contributed by atoms with Gasteiger partial charge in [0.1, 0.15) is 10.6 Å². The van der Waals surface area contributed by atoms with Crippen LogP contribution in [0.4, 0.5) is 14.5 Å². The van der Waals surface area contributed by atoms with Crippen molar-refractivity contribution in [2.24, 2.45) is 0 Å². The van der Waals surface area contributed by atoms with Crippen molar-refractivity contribution in [3.63, 3.8) is 0 Å². The topological polar surface area (TPSA) is 77.5 Å². The van der Waals surface area contributed by atoms with Crippen LogP contribution >= 0.6 is 22.9 Å². The number of benzene rings is 1. The number of amides is 1. The molecule has 1 aromatic carbocycles. The predicted octanol–water partition coefficient (Wildman–Crippen LogP) is 3.50. The number of halogens is 3. The molecule has 0 bridgehead atoms. The summed E-state index contributed by atoms with van der Waals surface area (Å²) in [6.07, 6.45) is 0. The Bertz CT molecular complexity index is 754. The number of hydrogen-bond donors (Lipinski definition) is 1. The average Bonchev–Trinajstić information content (AvgIpc) is 2.93. The molecule has 10 heteroatoms. The summed E-state index contributed by atoms with van der Waals surface area (Å²) in [4.78, 5) is 27.7. The second kappa shape index (κ2) is 8.02. The minimum atomic E-state index is -3.00. The maximum Gasteiger partial charge on any atom is 0.387 e. The first-order chi connectivity index (χ1) is 11.4. The van der Waals surface area contributed by atoms with Gasteiger partial charge in [-0.05, 0) is 25.1 Å². The van der Waals surface area contributed by atoms with Crippen LogP contribution in [0, 0.1) is 6.92 Å². The molecular weight excluding hydrogens is 366 g/mol. The Balaban J connectivity index is 1.89. The van der Waals surface area contributed by atoms with Gasteiger partial charge in [-0.15, -0.1) is 11.3 Å². The van der Waals surface area contributed by atoms with Gasteiger partial charge in [0.25, 0.3) is 5.91 Å². The summed E-state index contributed by atoms with van der Waals surface area (Å²) in [5, 5.41) is 2.33. The molecule has 6 nitrogen and oxygen atoms in total. The van der Waals surface area contributed by atoms with E-state index in [1.807, 2.05) is 0 Å². The molecule has 1 heterocycles. The van der Waals surface area contributed by atoms with Crippen LogP contribution in [0.15, 0.2) is 23.7 Å². The molecule has 1 amide bonds. The number of nitrogens with zero attached hydrogens (tertiary/aromatic N) is 1. The van der Waals surface area contributed by atoms with E-state index in [4.69, 9.17) is 16.3 Å². The summed E-state index contributed by atoms with van der Waals surface area (Å²) in [6.45, 7) is -1.86. The average molecular weight is 377 g/mol. The first-order valence-corrected chi connectivity index (χ1v) is 7.74. The molecule has 0 radical (unpaired) electrons. The molecule has 0 unspecified atom stereocenters. The molecule has 0 spiro atoms. The number of nitrogens with one attached hydrogen (secondary N) is 1. The Kier molecular flexibility index (Phi) is 6.04. The molecule has 1 N–H and O–H groups in total. The van der Waals surface area contributed by atoms with E-state index in [9.17, 15) is 18.4 Å². The highest BCUT2D eigenvalue weighted by Gasteiger charge is 2.15. The van der Waals surface area contributed by atoms with Gasteiger partial charge in [0, 0.05) is 5.69 Å². The van der Waals surface area contributed by atoms with Crippen LogP contribution in [0.3, 0.4) is 0 Å². The zero-order valence-corrected chi connectivity index (χ0v) is 13.8. The van der Waals surface area contributed by atoms with E-state index in [1.165, 1.54) is 23.7 Å². The molecule has 0 aliphatic rings. The highest BCUT2D eigenvalue weighted by molar-refractivity contribution is 7.11. The van der Waals surface area contributed by atoms with Crippen LogP contribution in [-0.2, 0) is 9.53 Å². The molecule has 2 aromatic rings. The molecule has 0 atom stereocenters. The Morgan fingerprint density at radius 3 is 2.75 bits per heavy atom. The van der Waals surface area contributed by atoms with Crippen molar-refractivity contribution in [3.05, 3.63) is 39.3 Å². The molecule has 2 rings (SSSR count). The van der Waals surface area contributed by atoms with Crippen LogP contribution < -0.4 is 10.1 Å². The summed E-state index contributed by atoms with van der Waals surface area (Å²) in [6, 6.07) is 3.76. The number of hydrogen-bond acceptors (Lipinski definition) is 6. The molecule has 128 valence electrons. The Hall–Kier alpha value is -2.26. The van der Waals surface area contributed by atoms with Crippen LogP contribution in [0.2, 0.25) is 5.02 Å². The van der Waals surface area contributed by atoms with Gasteiger partial charge >= 0.3 is 12.6 Å². The lowest BCUT2D eigenvalue weighted by molar-refractivity contribution is -0.119. The molecule has 0 aliphatic heterocycles. The summed E-state index contributed by atoms with van der Waals surface area (Å²) < 4.78 is 33.3. The summed E-state index contributed by atoms with van der Waals surface area (Å²) in [7, 11) is 0.